The van der Waals surface area contributed by atoms with Gasteiger partial charge in [-0.25, -0.2) is 0 Å². The Hall–Kier alpha value is -1.43. The van der Waals surface area contributed by atoms with E-state index in [-0.39, 0.29) is 12.1 Å². The summed E-state index contributed by atoms with van der Waals surface area (Å²) in [6, 6.07) is 13.8. The topological polar surface area (TPSA) is 48.1 Å². The maximum Gasteiger partial charge on any atom is 0.148 e. The molecule has 0 aliphatic carbocycles. The van der Waals surface area contributed by atoms with E-state index in [1.54, 1.807) is 17.5 Å². The zero-order valence-electron chi connectivity index (χ0n) is 11.5. The van der Waals surface area contributed by atoms with Crippen molar-refractivity contribution in [3.63, 3.8) is 0 Å². The highest BCUT2D eigenvalue weighted by molar-refractivity contribution is 9.11. The number of thiophene rings is 1. The van der Waals surface area contributed by atoms with E-state index < -0.39 is 0 Å². The minimum Gasteiger partial charge on any atom is -0.483 e. The Morgan fingerprint density at radius 2 is 2.10 bits per heavy atom. The van der Waals surface area contributed by atoms with Crippen LogP contribution < -0.4 is 10.5 Å². The van der Waals surface area contributed by atoms with E-state index in [4.69, 9.17) is 10.5 Å². The first-order chi connectivity index (χ1) is 10.1. The summed E-state index contributed by atoms with van der Waals surface area (Å²) in [6.45, 7) is 1.96. The summed E-state index contributed by atoms with van der Waals surface area (Å²) >= 11 is 5.12. The van der Waals surface area contributed by atoms with Gasteiger partial charge in [0.2, 0.25) is 0 Å². The van der Waals surface area contributed by atoms with Crippen LogP contribution in [0.25, 0.3) is 10.9 Å². The monoisotopic (exact) mass is 362 g/mol. The van der Waals surface area contributed by atoms with Crippen LogP contribution in [-0.4, -0.2) is 11.0 Å². The van der Waals surface area contributed by atoms with Gasteiger partial charge in [-0.1, -0.05) is 6.07 Å². The lowest BCUT2D eigenvalue weighted by molar-refractivity contribution is 0.184. The number of nitrogens with zero attached hydrogens (tertiary/aromatic N) is 1. The molecule has 3 aromatic rings. The van der Waals surface area contributed by atoms with Gasteiger partial charge in [-0.15, -0.1) is 11.3 Å². The Labute approximate surface area is 135 Å². The highest BCUT2D eigenvalue weighted by Gasteiger charge is 2.20. The highest BCUT2D eigenvalue weighted by atomic mass is 79.9. The van der Waals surface area contributed by atoms with E-state index in [1.165, 1.54) is 0 Å². The van der Waals surface area contributed by atoms with Crippen LogP contribution in [0.1, 0.15) is 17.9 Å². The minimum atomic E-state index is -0.164. The maximum absolute atomic E-state index is 6.11. The van der Waals surface area contributed by atoms with Crippen molar-refractivity contribution in [2.75, 3.05) is 0 Å². The number of hydrogen-bond donors (Lipinski definition) is 1. The maximum atomic E-state index is 6.11. The van der Waals surface area contributed by atoms with Crippen LogP contribution in [0.3, 0.4) is 0 Å². The van der Waals surface area contributed by atoms with Crippen molar-refractivity contribution < 1.29 is 4.74 Å². The molecule has 108 valence electrons. The lowest BCUT2D eigenvalue weighted by atomic mass is 10.1. The van der Waals surface area contributed by atoms with Gasteiger partial charge in [0.1, 0.15) is 11.9 Å². The van der Waals surface area contributed by atoms with Gasteiger partial charge in [-0.2, -0.15) is 0 Å². The second kappa shape index (κ2) is 6.13. The largest absolute Gasteiger partial charge is 0.483 e. The Morgan fingerprint density at radius 3 is 2.81 bits per heavy atom. The number of benzene rings is 1. The Bertz CT molecular complexity index is 757. The summed E-state index contributed by atoms with van der Waals surface area (Å²) in [4.78, 5) is 5.46. The van der Waals surface area contributed by atoms with E-state index in [0.717, 1.165) is 25.3 Å². The van der Waals surface area contributed by atoms with Crippen molar-refractivity contribution >= 4 is 38.2 Å². The second-order valence-electron chi connectivity index (χ2n) is 4.90. The SMILES string of the molecule is CC(N)C(Oc1ccc2cccnc2c1)c1ccc(Br)s1. The minimum absolute atomic E-state index is 0.102. The number of nitrogens with two attached hydrogens (primary N) is 1. The molecule has 3 rings (SSSR count). The molecule has 0 aliphatic rings. The van der Waals surface area contributed by atoms with E-state index in [0.29, 0.717) is 0 Å². The smallest absolute Gasteiger partial charge is 0.148 e. The van der Waals surface area contributed by atoms with Gasteiger partial charge < -0.3 is 10.5 Å². The van der Waals surface area contributed by atoms with Crippen LogP contribution in [0.5, 0.6) is 5.75 Å². The lowest BCUT2D eigenvalue weighted by Crippen LogP contribution is -2.28. The normalized spacial score (nSPS) is 14.0. The van der Waals surface area contributed by atoms with Crippen molar-refractivity contribution in [1.82, 2.24) is 4.98 Å². The van der Waals surface area contributed by atoms with Crippen molar-refractivity contribution in [3.05, 3.63) is 57.3 Å². The number of rotatable bonds is 4. The molecular formula is C16H15BrN2OS. The first kappa shape index (κ1) is 14.5. The molecule has 0 saturated carbocycles. The molecule has 2 N–H and O–H groups in total. The summed E-state index contributed by atoms with van der Waals surface area (Å²) in [5.41, 5.74) is 7.01. The Morgan fingerprint density at radius 1 is 1.24 bits per heavy atom. The number of aromatic nitrogens is 1. The van der Waals surface area contributed by atoms with Gasteiger partial charge in [0.15, 0.2) is 0 Å². The average Bonchev–Trinajstić information content (AvgIpc) is 2.90. The van der Waals surface area contributed by atoms with Gasteiger partial charge in [-0.3, -0.25) is 4.98 Å². The quantitative estimate of drug-likeness (QED) is 0.741. The zero-order valence-corrected chi connectivity index (χ0v) is 13.9. The summed E-state index contributed by atoms with van der Waals surface area (Å²) < 4.78 is 7.18. The molecule has 21 heavy (non-hydrogen) atoms. The van der Waals surface area contributed by atoms with Gasteiger partial charge in [0, 0.05) is 28.6 Å². The third-order valence-corrected chi connectivity index (χ3v) is 4.88. The number of fused-ring (bicyclic) bond motifs is 1. The van der Waals surface area contributed by atoms with Gasteiger partial charge >= 0.3 is 0 Å². The molecule has 1 aromatic carbocycles. The number of hydrogen-bond acceptors (Lipinski definition) is 4. The molecule has 0 aliphatic heterocycles. The summed E-state index contributed by atoms with van der Waals surface area (Å²) in [7, 11) is 0. The second-order valence-corrected chi connectivity index (χ2v) is 7.39. The first-order valence-electron chi connectivity index (χ1n) is 6.66. The zero-order chi connectivity index (χ0) is 14.8. The molecule has 0 saturated heterocycles. The van der Waals surface area contributed by atoms with Crippen molar-refractivity contribution in [3.8, 4) is 5.75 Å². The third-order valence-electron chi connectivity index (χ3n) is 3.19. The fourth-order valence-electron chi connectivity index (χ4n) is 2.17. The number of ether oxygens (including phenoxy) is 1. The van der Waals surface area contributed by atoms with E-state index >= 15 is 0 Å². The van der Waals surface area contributed by atoms with Crippen LogP contribution in [-0.2, 0) is 0 Å². The van der Waals surface area contributed by atoms with Gasteiger partial charge in [0.05, 0.1) is 9.30 Å². The molecule has 2 atom stereocenters. The van der Waals surface area contributed by atoms with Gasteiger partial charge in [-0.05, 0) is 53.2 Å². The summed E-state index contributed by atoms with van der Waals surface area (Å²) in [5.74, 6) is 0.785. The van der Waals surface area contributed by atoms with Crippen LogP contribution in [0, 0.1) is 0 Å². The van der Waals surface area contributed by atoms with Crippen molar-refractivity contribution in [2.24, 2.45) is 5.73 Å². The Balaban J connectivity index is 1.90. The molecule has 3 nitrogen and oxygen atoms in total. The average molecular weight is 363 g/mol. The molecule has 2 unspecified atom stereocenters. The van der Waals surface area contributed by atoms with Crippen LogP contribution in [0.2, 0.25) is 0 Å². The standard InChI is InChI=1S/C16H15BrN2OS/c1-10(18)16(14-6-7-15(17)21-14)20-12-5-4-11-3-2-8-19-13(11)9-12/h2-10,16H,18H2,1H3. The first-order valence-corrected chi connectivity index (χ1v) is 8.27. The van der Waals surface area contributed by atoms with E-state index in [9.17, 15) is 0 Å². The molecule has 2 heterocycles. The molecule has 5 heteroatoms. The number of pyridine rings is 1. The van der Waals surface area contributed by atoms with Crippen LogP contribution >= 0.6 is 27.3 Å². The van der Waals surface area contributed by atoms with E-state index in [2.05, 4.69) is 20.9 Å². The molecule has 0 amide bonds. The predicted octanol–water partition coefficient (Wildman–Crippen LogP) is 4.53. The number of halogens is 1. The molecule has 0 spiro atoms. The molecular weight excluding hydrogens is 348 g/mol. The van der Waals surface area contributed by atoms with Crippen molar-refractivity contribution in [1.29, 1.82) is 0 Å². The van der Waals surface area contributed by atoms with Crippen LogP contribution in [0.4, 0.5) is 0 Å². The molecule has 2 aromatic heterocycles. The Kier molecular flexibility index (Phi) is 4.24. The highest BCUT2D eigenvalue weighted by Crippen LogP contribution is 2.32. The molecule has 0 radical (unpaired) electrons. The summed E-state index contributed by atoms with van der Waals surface area (Å²) in [6.07, 6.45) is 1.62. The fourth-order valence-corrected chi connectivity index (χ4v) is 3.74. The third kappa shape index (κ3) is 3.26. The van der Waals surface area contributed by atoms with Crippen LogP contribution in [0.15, 0.2) is 52.4 Å². The lowest BCUT2D eigenvalue weighted by Gasteiger charge is -2.21. The summed E-state index contributed by atoms with van der Waals surface area (Å²) in [5, 5.41) is 1.10. The molecule has 0 fully saturated rings. The van der Waals surface area contributed by atoms with Gasteiger partial charge in [0.25, 0.3) is 0 Å². The fraction of sp³-hybridized carbons (Fsp3) is 0.188. The van der Waals surface area contributed by atoms with E-state index in [1.807, 2.05) is 49.4 Å². The van der Waals surface area contributed by atoms with Crippen molar-refractivity contribution in [2.45, 2.75) is 19.1 Å². The predicted molar refractivity (Wildman–Crippen MR) is 90.8 cm³/mol. The molecule has 0 bridgehead atoms.